The summed E-state index contributed by atoms with van der Waals surface area (Å²) in [4.78, 5) is 35.7. The van der Waals surface area contributed by atoms with E-state index >= 15 is 0 Å². The highest BCUT2D eigenvalue weighted by molar-refractivity contribution is 7.92. The van der Waals surface area contributed by atoms with Gasteiger partial charge in [0.05, 0.1) is 33.7 Å². The van der Waals surface area contributed by atoms with Crippen LogP contribution < -0.4 is 10.6 Å². The van der Waals surface area contributed by atoms with Crippen molar-refractivity contribution >= 4 is 21.5 Å². The molecule has 1 aliphatic heterocycles. The molecule has 0 spiro atoms. The number of pyridine rings is 1. The van der Waals surface area contributed by atoms with Crippen LogP contribution in [0.5, 0.6) is 0 Å². The van der Waals surface area contributed by atoms with E-state index in [1.165, 1.54) is 0 Å². The first-order valence-electron chi connectivity index (χ1n) is 15.9. The molecule has 2 unspecified atom stereocenters. The van der Waals surface area contributed by atoms with Crippen molar-refractivity contribution in [1.82, 2.24) is 25.4 Å². The maximum Gasteiger partial charge on any atom is 0.239 e. The average Bonchev–Trinajstić information content (AvgIpc) is 3.32. The second-order valence-corrected chi connectivity index (χ2v) is 15.8. The summed E-state index contributed by atoms with van der Waals surface area (Å²) >= 11 is 0. The maximum absolute atomic E-state index is 14.1. The summed E-state index contributed by atoms with van der Waals surface area (Å²) in [6, 6.07) is 19.9. The minimum Gasteiger partial charge on any atom is -0.390 e. The van der Waals surface area contributed by atoms with E-state index in [1.54, 1.807) is 6.20 Å². The smallest absolute Gasteiger partial charge is 0.239 e. The van der Waals surface area contributed by atoms with Crippen LogP contribution in [0.2, 0.25) is 0 Å². The van der Waals surface area contributed by atoms with Gasteiger partial charge in [-0.15, -0.1) is 0 Å². The largest absolute Gasteiger partial charge is 0.390 e. The van der Waals surface area contributed by atoms with Crippen molar-refractivity contribution in [2.45, 2.75) is 63.9 Å². The van der Waals surface area contributed by atoms with E-state index in [0.717, 1.165) is 22.3 Å². The first-order chi connectivity index (χ1) is 21.9. The number of piperazine rings is 1. The first-order valence-corrected chi connectivity index (χ1v) is 17.8. The van der Waals surface area contributed by atoms with Crippen LogP contribution in [0.15, 0.2) is 79.1 Å². The molecule has 5 atom stereocenters. The van der Waals surface area contributed by atoms with Crippen LogP contribution in [0, 0.1) is 10.7 Å². The summed E-state index contributed by atoms with van der Waals surface area (Å²) in [5.41, 5.74) is 3.35. The van der Waals surface area contributed by atoms with Gasteiger partial charge in [0.15, 0.2) is 0 Å². The van der Waals surface area contributed by atoms with E-state index in [2.05, 4.69) is 20.5 Å². The Bertz CT molecular complexity index is 1600. The third kappa shape index (κ3) is 9.00. The van der Waals surface area contributed by atoms with Crippen LogP contribution in [-0.2, 0) is 38.7 Å². The number of carbonyl (C=O) groups excluding carboxylic acids is 2. The predicted molar refractivity (Wildman–Crippen MR) is 179 cm³/mol. The molecule has 0 radical (unpaired) electrons. The molecule has 1 aliphatic carbocycles. The van der Waals surface area contributed by atoms with Crippen LogP contribution in [0.1, 0.15) is 49.1 Å². The molecule has 2 amide bonds. The lowest BCUT2D eigenvalue weighted by Gasteiger charge is -2.41. The minimum absolute atomic E-state index is 0.122. The normalized spacial score (nSPS) is 22.4. The van der Waals surface area contributed by atoms with Crippen LogP contribution in [0.3, 0.4) is 0 Å². The van der Waals surface area contributed by atoms with Gasteiger partial charge in [0.25, 0.3) is 0 Å². The molecule has 46 heavy (non-hydrogen) atoms. The number of nitrogens with zero attached hydrogens (tertiary/aromatic N) is 3. The zero-order valence-corrected chi connectivity index (χ0v) is 27.7. The van der Waals surface area contributed by atoms with Gasteiger partial charge in [-0.1, -0.05) is 60.7 Å². The molecule has 4 N–H and O–H groups in total. The fraction of sp³-hybridized carbons (Fsp3) is 0.457. The summed E-state index contributed by atoms with van der Waals surface area (Å²) in [6.07, 6.45) is 3.54. The van der Waals surface area contributed by atoms with Gasteiger partial charge in [0.1, 0.15) is 6.04 Å². The number of benzene rings is 2. The Balaban J connectivity index is 1.33. The molecule has 1 saturated heterocycles. The SMILES string of the molecule is CC(C)(C)NC(=O)[C@@H]1CN(Cc2cccnc2)CCN1CS(=N)(=O)C[C@@H](Cc1ccccc1)C(=O)NC1c2ccccc2C[C@H]1O. The van der Waals surface area contributed by atoms with E-state index in [1.807, 2.05) is 98.6 Å². The summed E-state index contributed by atoms with van der Waals surface area (Å²) in [5.74, 6) is -1.56. The molecule has 3 aromatic rings. The van der Waals surface area contributed by atoms with Gasteiger partial charge in [-0.3, -0.25) is 29.2 Å². The number of aliphatic hydroxyl groups excluding tert-OH is 1. The highest BCUT2D eigenvalue weighted by Crippen LogP contribution is 2.32. The Hall–Kier alpha value is -3.64. The Labute approximate surface area is 272 Å². The minimum atomic E-state index is -3.35. The lowest BCUT2D eigenvalue weighted by atomic mass is 9.99. The lowest BCUT2D eigenvalue weighted by molar-refractivity contribution is -0.130. The number of amides is 2. The van der Waals surface area contributed by atoms with Gasteiger partial charge in [-0.2, -0.15) is 0 Å². The number of fused-ring (bicyclic) bond motifs is 1. The Morgan fingerprint density at radius 1 is 1.04 bits per heavy atom. The molecule has 1 aromatic heterocycles. The topological polar surface area (TPSA) is 139 Å². The zero-order valence-electron chi connectivity index (χ0n) is 26.9. The highest BCUT2D eigenvalue weighted by Gasteiger charge is 2.38. The quantitative estimate of drug-likeness (QED) is 0.251. The van der Waals surface area contributed by atoms with Crippen molar-refractivity contribution in [3.05, 3.63) is 101 Å². The molecule has 0 bridgehead atoms. The second-order valence-electron chi connectivity index (χ2n) is 13.6. The second kappa shape index (κ2) is 14.4. The van der Waals surface area contributed by atoms with Crippen LogP contribution in [0.25, 0.3) is 0 Å². The molecule has 2 aliphatic rings. The van der Waals surface area contributed by atoms with Crippen molar-refractivity contribution in [1.29, 1.82) is 4.78 Å². The number of aromatic nitrogens is 1. The summed E-state index contributed by atoms with van der Waals surface area (Å²) in [6.45, 7) is 7.91. The summed E-state index contributed by atoms with van der Waals surface area (Å²) < 4.78 is 23.2. The zero-order chi connectivity index (χ0) is 32.9. The average molecular weight is 647 g/mol. The number of hydrogen-bond acceptors (Lipinski definition) is 8. The van der Waals surface area contributed by atoms with Gasteiger partial charge in [0, 0.05) is 56.3 Å². The van der Waals surface area contributed by atoms with E-state index < -0.39 is 39.4 Å². The van der Waals surface area contributed by atoms with Crippen molar-refractivity contribution in [3.8, 4) is 0 Å². The molecule has 0 saturated carbocycles. The molecular formula is C35H46N6O4S. The first kappa shape index (κ1) is 33.7. The third-order valence-electron chi connectivity index (χ3n) is 8.55. The van der Waals surface area contributed by atoms with E-state index in [9.17, 15) is 18.9 Å². The van der Waals surface area contributed by atoms with Gasteiger partial charge in [-0.25, -0.2) is 4.21 Å². The van der Waals surface area contributed by atoms with Gasteiger partial charge in [-0.05, 0) is 55.5 Å². The Morgan fingerprint density at radius 3 is 2.48 bits per heavy atom. The number of rotatable bonds is 11. The van der Waals surface area contributed by atoms with Crippen molar-refractivity contribution < 1.29 is 18.9 Å². The predicted octanol–water partition coefficient (Wildman–Crippen LogP) is 3.12. The van der Waals surface area contributed by atoms with Crippen molar-refractivity contribution in [3.63, 3.8) is 0 Å². The molecule has 1 fully saturated rings. The summed E-state index contributed by atoms with van der Waals surface area (Å²) in [5, 5.41) is 16.9. The standard InChI is InChI=1S/C35H46N6O4S/c1-35(2,3)39-34(44)30-22-40(21-26-12-9-15-37-20-26)16-17-41(30)24-46(36,45)23-28(18-25-10-5-4-6-11-25)33(43)38-32-29-14-8-7-13-27(29)19-31(32)42/h4-15,20,28,30-32,36,42H,16-19,21-24H2,1-3H3,(H,38,43)(H,39,44)/t28-,30+,31-,32?,46?/m1/s1. The fourth-order valence-corrected chi connectivity index (χ4v) is 8.29. The van der Waals surface area contributed by atoms with Gasteiger partial charge in [0.2, 0.25) is 11.8 Å². The molecule has 2 heterocycles. The van der Waals surface area contributed by atoms with Gasteiger partial charge >= 0.3 is 0 Å². The summed E-state index contributed by atoms with van der Waals surface area (Å²) in [7, 11) is -3.35. The number of aliphatic hydroxyl groups is 1. The van der Waals surface area contributed by atoms with E-state index in [4.69, 9.17) is 4.78 Å². The van der Waals surface area contributed by atoms with Crippen LogP contribution in [-0.4, -0.2) is 84.9 Å². The van der Waals surface area contributed by atoms with E-state index in [0.29, 0.717) is 39.0 Å². The lowest BCUT2D eigenvalue weighted by Crippen LogP contribution is -2.61. The number of carbonyl (C=O) groups is 2. The number of hydrogen-bond donors (Lipinski definition) is 4. The Morgan fingerprint density at radius 2 is 1.76 bits per heavy atom. The highest BCUT2D eigenvalue weighted by atomic mass is 32.2. The molecule has 246 valence electrons. The molecule has 2 aromatic carbocycles. The fourth-order valence-electron chi connectivity index (χ4n) is 6.42. The maximum atomic E-state index is 14.1. The third-order valence-corrected chi connectivity index (χ3v) is 10.2. The molecule has 11 heteroatoms. The monoisotopic (exact) mass is 646 g/mol. The van der Waals surface area contributed by atoms with Crippen molar-refractivity contribution in [2.24, 2.45) is 5.92 Å². The molecule has 5 rings (SSSR count). The Kier molecular flexibility index (Phi) is 10.6. The van der Waals surface area contributed by atoms with E-state index in [-0.39, 0.29) is 23.4 Å². The van der Waals surface area contributed by atoms with Crippen LogP contribution in [0.4, 0.5) is 0 Å². The number of nitrogens with one attached hydrogen (secondary N) is 3. The van der Waals surface area contributed by atoms with Gasteiger partial charge < -0.3 is 15.7 Å². The van der Waals surface area contributed by atoms with Crippen LogP contribution >= 0.6 is 0 Å². The molecular weight excluding hydrogens is 600 g/mol. The van der Waals surface area contributed by atoms with Crippen molar-refractivity contribution in [2.75, 3.05) is 31.3 Å². The molecule has 10 nitrogen and oxygen atoms in total.